The summed E-state index contributed by atoms with van der Waals surface area (Å²) >= 11 is 0. The van der Waals surface area contributed by atoms with Gasteiger partial charge >= 0.3 is 0 Å². The first kappa shape index (κ1) is 9.60. The maximum absolute atomic E-state index is 11.6. The van der Waals surface area contributed by atoms with Gasteiger partial charge in [-0.3, -0.25) is 0 Å². The fourth-order valence-corrected chi connectivity index (χ4v) is 2.50. The number of aromatic nitrogens is 3. The molecule has 1 aliphatic rings. The third-order valence-corrected chi connectivity index (χ3v) is 4.19. The van der Waals surface area contributed by atoms with Crippen LogP contribution >= 0.6 is 0 Å². The highest BCUT2D eigenvalue weighted by atomic mass is 32.2. The summed E-state index contributed by atoms with van der Waals surface area (Å²) in [4.78, 5) is 0. The van der Waals surface area contributed by atoms with Crippen molar-refractivity contribution in [2.24, 2.45) is 0 Å². The standard InChI is InChI=1S/C7H12N4O2S/c1-2-14(12,13)11-4-3-10-6-8-9-7(10)5-11/h6H,2-5H2,1H3. The third kappa shape index (κ3) is 1.53. The molecule has 0 atom stereocenters. The molecule has 7 heteroatoms. The van der Waals surface area contributed by atoms with Crippen LogP contribution in [0.3, 0.4) is 0 Å². The molecule has 2 heterocycles. The Morgan fingerprint density at radius 2 is 2.29 bits per heavy atom. The Morgan fingerprint density at radius 1 is 1.50 bits per heavy atom. The smallest absolute Gasteiger partial charge is 0.214 e. The second kappa shape index (κ2) is 3.32. The van der Waals surface area contributed by atoms with Crippen LogP contribution in [-0.2, 0) is 23.1 Å². The maximum Gasteiger partial charge on any atom is 0.214 e. The van der Waals surface area contributed by atoms with Gasteiger partial charge in [-0.2, -0.15) is 4.31 Å². The van der Waals surface area contributed by atoms with Gasteiger partial charge in [0.15, 0.2) is 0 Å². The Bertz CT molecular complexity index is 425. The molecule has 0 amide bonds. The predicted octanol–water partition coefficient (Wildman–Crippen LogP) is -0.557. The van der Waals surface area contributed by atoms with Crippen LogP contribution in [0.1, 0.15) is 12.7 Å². The molecule has 1 aromatic rings. The molecule has 0 fully saturated rings. The second-order valence-electron chi connectivity index (χ2n) is 3.17. The molecule has 1 aliphatic heterocycles. The normalized spacial score (nSPS) is 18.1. The number of hydrogen-bond donors (Lipinski definition) is 0. The van der Waals surface area contributed by atoms with E-state index in [0.29, 0.717) is 25.5 Å². The van der Waals surface area contributed by atoms with Crippen molar-refractivity contribution >= 4 is 10.0 Å². The molecular weight excluding hydrogens is 204 g/mol. The van der Waals surface area contributed by atoms with Crippen molar-refractivity contribution in [3.8, 4) is 0 Å². The first-order valence-corrected chi connectivity index (χ1v) is 6.09. The van der Waals surface area contributed by atoms with E-state index in [1.165, 1.54) is 4.31 Å². The van der Waals surface area contributed by atoms with Gasteiger partial charge in [-0.15, -0.1) is 10.2 Å². The molecule has 0 saturated carbocycles. The summed E-state index contributed by atoms with van der Waals surface area (Å²) in [6, 6.07) is 0. The van der Waals surface area contributed by atoms with Gasteiger partial charge in [-0.1, -0.05) is 0 Å². The lowest BCUT2D eigenvalue weighted by molar-refractivity contribution is 0.336. The van der Waals surface area contributed by atoms with Crippen molar-refractivity contribution in [1.29, 1.82) is 0 Å². The van der Waals surface area contributed by atoms with Crippen molar-refractivity contribution in [3.63, 3.8) is 0 Å². The van der Waals surface area contributed by atoms with E-state index >= 15 is 0 Å². The van der Waals surface area contributed by atoms with E-state index in [1.807, 2.05) is 4.57 Å². The molecule has 1 aromatic heterocycles. The molecule has 78 valence electrons. The SMILES string of the molecule is CCS(=O)(=O)N1CCn2cnnc2C1. The number of hydrogen-bond acceptors (Lipinski definition) is 4. The highest BCUT2D eigenvalue weighted by Gasteiger charge is 2.25. The predicted molar refractivity (Wildman–Crippen MR) is 49.9 cm³/mol. The topological polar surface area (TPSA) is 68.1 Å². The molecule has 0 aliphatic carbocycles. The Kier molecular flexibility index (Phi) is 2.28. The van der Waals surface area contributed by atoms with E-state index in [-0.39, 0.29) is 5.75 Å². The van der Waals surface area contributed by atoms with Gasteiger partial charge in [0.2, 0.25) is 10.0 Å². The highest BCUT2D eigenvalue weighted by Crippen LogP contribution is 2.13. The summed E-state index contributed by atoms with van der Waals surface area (Å²) in [5, 5.41) is 7.60. The van der Waals surface area contributed by atoms with E-state index < -0.39 is 10.0 Å². The van der Waals surface area contributed by atoms with Crippen LogP contribution < -0.4 is 0 Å². The average Bonchev–Trinajstić information content (AvgIpc) is 2.64. The fourth-order valence-electron chi connectivity index (χ4n) is 1.46. The molecular formula is C7H12N4O2S. The Morgan fingerprint density at radius 3 is 3.00 bits per heavy atom. The van der Waals surface area contributed by atoms with Crippen LogP contribution in [0.4, 0.5) is 0 Å². The van der Waals surface area contributed by atoms with Crippen LogP contribution in [0, 0.1) is 0 Å². The quantitative estimate of drug-likeness (QED) is 0.664. The third-order valence-electron chi connectivity index (χ3n) is 2.36. The van der Waals surface area contributed by atoms with Crippen LogP contribution in [0.2, 0.25) is 0 Å². The summed E-state index contributed by atoms with van der Waals surface area (Å²) in [6.45, 7) is 3.15. The van der Waals surface area contributed by atoms with Crippen LogP contribution in [0.15, 0.2) is 6.33 Å². The first-order valence-electron chi connectivity index (χ1n) is 4.48. The Hall–Kier alpha value is -0.950. The van der Waals surface area contributed by atoms with Crippen LogP contribution in [0.5, 0.6) is 0 Å². The van der Waals surface area contributed by atoms with Gasteiger partial charge in [0, 0.05) is 13.1 Å². The zero-order valence-corrected chi connectivity index (χ0v) is 8.74. The summed E-state index contributed by atoms with van der Waals surface area (Å²) in [5.74, 6) is 0.856. The fraction of sp³-hybridized carbons (Fsp3) is 0.714. The van der Waals surface area contributed by atoms with Crippen LogP contribution in [0.25, 0.3) is 0 Å². The van der Waals surface area contributed by atoms with E-state index in [2.05, 4.69) is 10.2 Å². The monoisotopic (exact) mass is 216 g/mol. The first-order chi connectivity index (χ1) is 6.63. The van der Waals surface area contributed by atoms with Gasteiger partial charge in [0.25, 0.3) is 0 Å². The number of fused-ring (bicyclic) bond motifs is 1. The lowest BCUT2D eigenvalue weighted by Crippen LogP contribution is -2.39. The molecule has 0 N–H and O–H groups in total. The minimum Gasteiger partial charge on any atom is -0.315 e. The van der Waals surface area contributed by atoms with Gasteiger partial charge < -0.3 is 4.57 Å². The summed E-state index contributed by atoms with van der Waals surface area (Å²) in [5.41, 5.74) is 0. The van der Waals surface area contributed by atoms with Crippen molar-refractivity contribution in [2.75, 3.05) is 12.3 Å². The van der Waals surface area contributed by atoms with Crippen molar-refractivity contribution in [3.05, 3.63) is 12.2 Å². The van der Waals surface area contributed by atoms with Crippen molar-refractivity contribution in [1.82, 2.24) is 19.1 Å². The Balaban J connectivity index is 2.23. The molecule has 0 unspecified atom stereocenters. The number of rotatable bonds is 2. The largest absolute Gasteiger partial charge is 0.315 e. The molecule has 6 nitrogen and oxygen atoms in total. The van der Waals surface area contributed by atoms with E-state index in [0.717, 1.165) is 0 Å². The maximum atomic E-state index is 11.6. The minimum absolute atomic E-state index is 0.140. The minimum atomic E-state index is -3.09. The van der Waals surface area contributed by atoms with E-state index in [4.69, 9.17) is 0 Å². The second-order valence-corrected chi connectivity index (χ2v) is 5.43. The number of sulfonamides is 1. The van der Waals surface area contributed by atoms with Gasteiger partial charge in [0.05, 0.1) is 12.3 Å². The van der Waals surface area contributed by atoms with Crippen molar-refractivity contribution in [2.45, 2.75) is 20.0 Å². The van der Waals surface area contributed by atoms with Gasteiger partial charge in [-0.05, 0) is 6.92 Å². The average molecular weight is 216 g/mol. The van der Waals surface area contributed by atoms with Crippen molar-refractivity contribution < 1.29 is 8.42 Å². The highest BCUT2D eigenvalue weighted by molar-refractivity contribution is 7.89. The van der Waals surface area contributed by atoms with E-state index in [1.54, 1.807) is 13.3 Å². The lowest BCUT2D eigenvalue weighted by Gasteiger charge is -2.25. The molecule has 2 rings (SSSR count). The zero-order valence-electron chi connectivity index (χ0n) is 7.92. The molecule has 0 radical (unpaired) electrons. The summed E-state index contributed by atoms with van der Waals surface area (Å²) in [7, 11) is -3.09. The van der Waals surface area contributed by atoms with Crippen LogP contribution in [-0.4, -0.2) is 39.8 Å². The van der Waals surface area contributed by atoms with Gasteiger partial charge in [-0.25, -0.2) is 8.42 Å². The molecule has 0 spiro atoms. The van der Waals surface area contributed by atoms with Gasteiger partial charge in [0.1, 0.15) is 12.2 Å². The molecule has 0 aromatic carbocycles. The van der Waals surface area contributed by atoms with E-state index in [9.17, 15) is 8.42 Å². The Labute approximate surface area is 82.6 Å². The molecule has 14 heavy (non-hydrogen) atoms. The zero-order chi connectivity index (χ0) is 10.2. The molecule has 0 saturated heterocycles. The lowest BCUT2D eigenvalue weighted by atomic mass is 10.4. The summed E-state index contributed by atoms with van der Waals surface area (Å²) < 4.78 is 26.4. The number of nitrogens with zero attached hydrogens (tertiary/aromatic N) is 4. The summed E-state index contributed by atoms with van der Waals surface area (Å²) in [6.07, 6.45) is 1.63. The molecule has 0 bridgehead atoms.